The van der Waals surface area contributed by atoms with Crippen LogP contribution < -0.4 is 5.73 Å². The number of aromatic nitrogens is 2. The Labute approximate surface area is 72.6 Å². The summed E-state index contributed by atoms with van der Waals surface area (Å²) in [5.74, 6) is 0.701. The van der Waals surface area contributed by atoms with E-state index in [2.05, 4.69) is 5.10 Å². The summed E-state index contributed by atoms with van der Waals surface area (Å²) in [7, 11) is 1.96. The fourth-order valence-electron chi connectivity index (χ4n) is 1.55. The molecule has 1 aliphatic rings. The lowest BCUT2D eigenvalue weighted by Crippen LogP contribution is -2.06. The van der Waals surface area contributed by atoms with Crippen LogP contribution in [0.3, 0.4) is 0 Å². The Morgan fingerprint density at radius 1 is 1.67 bits per heavy atom. The van der Waals surface area contributed by atoms with E-state index in [0.29, 0.717) is 5.92 Å². The zero-order valence-electron chi connectivity index (χ0n) is 7.62. The normalized spacial score (nSPS) is 19.6. The van der Waals surface area contributed by atoms with Crippen molar-refractivity contribution in [3.05, 3.63) is 17.5 Å². The van der Waals surface area contributed by atoms with E-state index in [4.69, 9.17) is 5.73 Å². The highest BCUT2D eigenvalue weighted by atomic mass is 15.3. The van der Waals surface area contributed by atoms with Gasteiger partial charge in [-0.05, 0) is 19.8 Å². The molecule has 12 heavy (non-hydrogen) atoms. The van der Waals surface area contributed by atoms with Crippen LogP contribution in [0.25, 0.3) is 0 Å². The van der Waals surface area contributed by atoms with Gasteiger partial charge in [-0.25, -0.2) is 0 Å². The van der Waals surface area contributed by atoms with Crippen molar-refractivity contribution >= 4 is 0 Å². The van der Waals surface area contributed by atoms with Gasteiger partial charge in [0.2, 0.25) is 0 Å². The van der Waals surface area contributed by atoms with Gasteiger partial charge in [-0.3, -0.25) is 4.68 Å². The molecule has 3 heteroatoms. The molecule has 1 unspecified atom stereocenters. The summed E-state index contributed by atoms with van der Waals surface area (Å²) in [5, 5.41) is 4.43. The Kier molecular flexibility index (Phi) is 1.68. The lowest BCUT2D eigenvalue weighted by Gasteiger charge is -2.02. The van der Waals surface area contributed by atoms with E-state index < -0.39 is 0 Å². The van der Waals surface area contributed by atoms with Crippen LogP contribution >= 0.6 is 0 Å². The molecule has 66 valence electrons. The van der Waals surface area contributed by atoms with Gasteiger partial charge in [-0.1, -0.05) is 0 Å². The van der Waals surface area contributed by atoms with E-state index in [1.165, 1.54) is 24.1 Å². The van der Waals surface area contributed by atoms with Gasteiger partial charge in [0.25, 0.3) is 0 Å². The molecule has 0 spiro atoms. The van der Waals surface area contributed by atoms with E-state index >= 15 is 0 Å². The summed E-state index contributed by atoms with van der Waals surface area (Å²) in [6.07, 6.45) is 4.62. The molecular weight excluding hydrogens is 150 g/mol. The summed E-state index contributed by atoms with van der Waals surface area (Å²) in [5.41, 5.74) is 8.29. The van der Waals surface area contributed by atoms with Gasteiger partial charge in [0.1, 0.15) is 0 Å². The predicted molar refractivity (Wildman–Crippen MR) is 47.8 cm³/mol. The average molecular weight is 165 g/mol. The van der Waals surface area contributed by atoms with Crippen molar-refractivity contribution in [2.45, 2.75) is 31.7 Å². The van der Waals surface area contributed by atoms with E-state index in [1.807, 2.05) is 24.9 Å². The lowest BCUT2D eigenvalue weighted by molar-refractivity contribution is 0.744. The highest BCUT2D eigenvalue weighted by Gasteiger charge is 2.29. The topological polar surface area (TPSA) is 43.8 Å². The zero-order valence-corrected chi connectivity index (χ0v) is 7.62. The molecule has 1 aromatic heterocycles. The molecule has 1 aliphatic carbocycles. The molecule has 2 N–H and O–H groups in total. The van der Waals surface area contributed by atoms with Gasteiger partial charge in [0.15, 0.2) is 0 Å². The summed E-state index contributed by atoms with van der Waals surface area (Å²) in [4.78, 5) is 0. The standard InChI is InChI=1S/C9H15N3/c1-6(10)8-5-12(2)11-9(8)7-3-4-7/h5-7H,3-4,10H2,1-2H3. The molecule has 0 aromatic carbocycles. The van der Waals surface area contributed by atoms with Crippen LogP contribution in [0.5, 0.6) is 0 Å². The second-order valence-electron chi connectivity index (χ2n) is 3.71. The molecule has 1 atom stereocenters. The van der Waals surface area contributed by atoms with Crippen LogP contribution in [0.1, 0.15) is 43.0 Å². The van der Waals surface area contributed by atoms with Crippen molar-refractivity contribution in [2.24, 2.45) is 12.8 Å². The minimum atomic E-state index is 0.120. The first-order valence-corrected chi connectivity index (χ1v) is 4.47. The van der Waals surface area contributed by atoms with E-state index in [1.54, 1.807) is 0 Å². The van der Waals surface area contributed by atoms with Crippen LogP contribution in [0.4, 0.5) is 0 Å². The number of rotatable bonds is 2. The molecule has 1 heterocycles. The minimum absolute atomic E-state index is 0.120. The van der Waals surface area contributed by atoms with Crippen molar-refractivity contribution in [3.8, 4) is 0 Å². The second kappa shape index (κ2) is 2.59. The zero-order chi connectivity index (χ0) is 8.72. The highest BCUT2D eigenvalue weighted by molar-refractivity contribution is 5.27. The van der Waals surface area contributed by atoms with E-state index in [0.717, 1.165) is 0 Å². The van der Waals surface area contributed by atoms with Gasteiger partial charge in [0, 0.05) is 30.8 Å². The second-order valence-corrected chi connectivity index (χ2v) is 3.71. The maximum atomic E-state index is 5.84. The quantitative estimate of drug-likeness (QED) is 0.718. The van der Waals surface area contributed by atoms with Crippen LogP contribution in [0, 0.1) is 0 Å². The predicted octanol–water partition coefficient (Wildman–Crippen LogP) is 1.32. The Morgan fingerprint density at radius 2 is 2.33 bits per heavy atom. The first-order chi connectivity index (χ1) is 5.68. The van der Waals surface area contributed by atoms with Gasteiger partial charge in [0.05, 0.1) is 5.69 Å². The molecule has 0 bridgehead atoms. The van der Waals surface area contributed by atoms with Gasteiger partial charge >= 0.3 is 0 Å². The minimum Gasteiger partial charge on any atom is -0.324 e. The van der Waals surface area contributed by atoms with Crippen LogP contribution in [-0.4, -0.2) is 9.78 Å². The van der Waals surface area contributed by atoms with Crippen molar-refractivity contribution in [2.75, 3.05) is 0 Å². The van der Waals surface area contributed by atoms with Gasteiger partial charge in [-0.15, -0.1) is 0 Å². The summed E-state index contributed by atoms with van der Waals surface area (Å²) in [6, 6.07) is 0.120. The Hall–Kier alpha value is -0.830. The molecule has 0 amide bonds. The monoisotopic (exact) mass is 165 g/mol. The van der Waals surface area contributed by atoms with Crippen molar-refractivity contribution in [1.82, 2.24) is 9.78 Å². The van der Waals surface area contributed by atoms with E-state index in [-0.39, 0.29) is 6.04 Å². The summed E-state index contributed by atoms with van der Waals surface area (Å²) < 4.78 is 1.87. The van der Waals surface area contributed by atoms with Crippen LogP contribution in [0.2, 0.25) is 0 Å². The molecule has 0 radical (unpaired) electrons. The average Bonchev–Trinajstić information content (AvgIpc) is 2.75. The lowest BCUT2D eigenvalue weighted by atomic mass is 10.1. The maximum absolute atomic E-state index is 5.84. The number of aryl methyl sites for hydroxylation is 1. The molecule has 1 saturated carbocycles. The Morgan fingerprint density at radius 3 is 2.83 bits per heavy atom. The van der Waals surface area contributed by atoms with E-state index in [9.17, 15) is 0 Å². The fraction of sp³-hybridized carbons (Fsp3) is 0.667. The first-order valence-electron chi connectivity index (χ1n) is 4.47. The highest BCUT2D eigenvalue weighted by Crippen LogP contribution is 2.41. The maximum Gasteiger partial charge on any atom is 0.0702 e. The molecule has 1 aromatic rings. The molecule has 2 rings (SSSR count). The fourth-order valence-corrected chi connectivity index (χ4v) is 1.55. The number of hydrogen-bond acceptors (Lipinski definition) is 2. The molecule has 0 saturated heterocycles. The number of nitrogens with zero attached hydrogens (tertiary/aromatic N) is 2. The van der Waals surface area contributed by atoms with Gasteiger partial charge in [-0.2, -0.15) is 5.10 Å². The Balaban J connectivity index is 2.36. The smallest absolute Gasteiger partial charge is 0.0702 e. The SMILES string of the molecule is CC(N)c1cn(C)nc1C1CC1. The number of hydrogen-bond donors (Lipinski definition) is 1. The third-order valence-corrected chi connectivity index (χ3v) is 2.34. The third-order valence-electron chi connectivity index (χ3n) is 2.34. The van der Waals surface area contributed by atoms with Crippen molar-refractivity contribution in [1.29, 1.82) is 0 Å². The third kappa shape index (κ3) is 1.25. The largest absolute Gasteiger partial charge is 0.324 e. The van der Waals surface area contributed by atoms with Gasteiger partial charge < -0.3 is 5.73 Å². The first kappa shape index (κ1) is 7.80. The molecule has 3 nitrogen and oxygen atoms in total. The molecule has 1 fully saturated rings. The molecular formula is C9H15N3. The number of nitrogens with two attached hydrogens (primary N) is 1. The van der Waals surface area contributed by atoms with Crippen molar-refractivity contribution in [3.63, 3.8) is 0 Å². The Bertz CT molecular complexity index is 264. The summed E-state index contributed by atoms with van der Waals surface area (Å²) >= 11 is 0. The van der Waals surface area contributed by atoms with Crippen molar-refractivity contribution < 1.29 is 0 Å². The van der Waals surface area contributed by atoms with Crippen LogP contribution in [0.15, 0.2) is 6.20 Å². The molecule has 0 aliphatic heterocycles. The van der Waals surface area contributed by atoms with Crippen LogP contribution in [-0.2, 0) is 7.05 Å². The summed E-state index contributed by atoms with van der Waals surface area (Å²) in [6.45, 7) is 2.02.